The van der Waals surface area contributed by atoms with E-state index in [1.54, 1.807) is 0 Å². The molecule has 5 heteroatoms. The summed E-state index contributed by atoms with van der Waals surface area (Å²) >= 11 is 1.49. The molecule has 0 bridgehead atoms. The van der Waals surface area contributed by atoms with Gasteiger partial charge in [0.2, 0.25) is 0 Å². The van der Waals surface area contributed by atoms with Crippen molar-refractivity contribution in [1.82, 2.24) is 9.13 Å². The van der Waals surface area contributed by atoms with Crippen LogP contribution in [0.2, 0.25) is 0 Å². The van der Waals surface area contributed by atoms with Gasteiger partial charge in [0.15, 0.2) is 4.80 Å². The highest BCUT2D eigenvalue weighted by atomic mass is 32.1. The lowest BCUT2D eigenvalue weighted by atomic mass is 9.83. The molecular weight excluding hydrogens is 486 g/mol. The fraction of sp³-hybridized carbons (Fsp3) is 0.152. The van der Waals surface area contributed by atoms with Crippen molar-refractivity contribution in [3.63, 3.8) is 0 Å². The zero-order valence-corrected chi connectivity index (χ0v) is 22.0. The number of allylic oxidation sites excluding steroid dienone is 2. The third kappa shape index (κ3) is 3.42. The van der Waals surface area contributed by atoms with Crippen molar-refractivity contribution >= 4 is 34.0 Å². The minimum Gasteiger partial charge on any atom is -0.340 e. The smallest absolute Gasteiger partial charge is 0.271 e. The van der Waals surface area contributed by atoms with Crippen molar-refractivity contribution < 1.29 is 0 Å². The molecule has 1 atom stereocenters. The number of benzene rings is 3. The summed E-state index contributed by atoms with van der Waals surface area (Å²) in [5.74, 6) is 0. The van der Waals surface area contributed by atoms with Crippen LogP contribution in [0.15, 0.2) is 107 Å². The lowest BCUT2D eigenvalue weighted by molar-refractivity contribution is 0.585. The van der Waals surface area contributed by atoms with Gasteiger partial charge in [0.25, 0.3) is 5.56 Å². The van der Waals surface area contributed by atoms with Gasteiger partial charge in [0.05, 0.1) is 16.3 Å². The molecule has 0 spiro atoms. The average molecular weight is 514 g/mol. The first-order valence-corrected chi connectivity index (χ1v) is 13.8. The lowest BCUT2D eigenvalue weighted by Crippen LogP contribution is -2.38. The normalized spacial score (nSPS) is 16.7. The van der Waals surface area contributed by atoms with Gasteiger partial charge in [0, 0.05) is 34.3 Å². The number of aromatic nitrogens is 2. The Labute approximate surface area is 224 Å². The summed E-state index contributed by atoms with van der Waals surface area (Å²) in [6, 6.07) is 27.2. The molecular formula is C33H27N3OS. The molecule has 0 radical (unpaired) electrons. The van der Waals surface area contributed by atoms with Crippen LogP contribution in [-0.2, 0) is 13.0 Å². The van der Waals surface area contributed by atoms with Crippen LogP contribution in [0.4, 0.5) is 0 Å². The van der Waals surface area contributed by atoms with Gasteiger partial charge < -0.3 is 4.57 Å². The van der Waals surface area contributed by atoms with E-state index in [1.165, 1.54) is 28.0 Å². The van der Waals surface area contributed by atoms with Crippen LogP contribution in [0.5, 0.6) is 0 Å². The summed E-state index contributed by atoms with van der Waals surface area (Å²) in [6.45, 7) is 6.79. The van der Waals surface area contributed by atoms with Crippen LogP contribution < -0.4 is 14.9 Å². The van der Waals surface area contributed by atoms with Crippen LogP contribution >= 0.6 is 11.3 Å². The van der Waals surface area contributed by atoms with Crippen molar-refractivity contribution in [3.05, 3.63) is 145 Å². The molecule has 0 saturated carbocycles. The van der Waals surface area contributed by atoms with Gasteiger partial charge >= 0.3 is 0 Å². The monoisotopic (exact) mass is 513 g/mol. The summed E-state index contributed by atoms with van der Waals surface area (Å²) < 4.78 is 4.90. The first-order chi connectivity index (χ1) is 18.7. The van der Waals surface area contributed by atoms with Crippen molar-refractivity contribution in [2.45, 2.75) is 32.4 Å². The number of thiazole rings is 1. The summed E-state index contributed by atoms with van der Waals surface area (Å²) in [6.07, 6.45) is 5.84. The van der Waals surface area contributed by atoms with E-state index >= 15 is 0 Å². The molecule has 4 nitrogen and oxygen atoms in total. The molecule has 1 aliphatic carbocycles. The number of hydrogen-bond donors (Lipinski definition) is 0. The van der Waals surface area contributed by atoms with Crippen LogP contribution in [0, 0.1) is 6.92 Å². The topological polar surface area (TPSA) is 39.3 Å². The Hall–Kier alpha value is -4.22. The number of fused-ring (bicyclic) bond motifs is 4. The molecule has 0 unspecified atom stereocenters. The van der Waals surface area contributed by atoms with Crippen LogP contribution in [0.3, 0.4) is 0 Å². The summed E-state index contributed by atoms with van der Waals surface area (Å²) in [7, 11) is 0. The molecule has 186 valence electrons. The molecule has 3 aromatic carbocycles. The Balaban J connectivity index is 1.50. The molecule has 5 aromatic rings. The lowest BCUT2D eigenvalue weighted by Gasteiger charge is -2.30. The second kappa shape index (κ2) is 8.96. The quantitative estimate of drug-likeness (QED) is 0.281. The Morgan fingerprint density at radius 3 is 2.61 bits per heavy atom. The first-order valence-electron chi connectivity index (χ1n) is 13.0. The Bertz CT molecular complexity index is 1950. The molecule has 2 aliphatic rings. The van der Waals surface area contributed by atoms with E-state index in [9.17, 15) is 4.79 Å². The Morgan fingerprint density at radius 1 is 1.00 bits per heavy atom. The fourth-order valence-corrected chi connectivity index (χ4v) is 7.08. The van der Waals surface area contributed by atoms with Crippen molar-refractivity contribution in [2.75, 3.05) is 0 Å². The molecule has 1 aliphatic heterocycles. The van der Waals surface area contributed by atoms with Gasteiger partial charge in [0.1, 0.15) is 0 Å². The molecule has 0 fully saturated rings. The highest BCUT2D eigenvalue weighted by Crippen LogP contribution is 2.41. The van der Waals surface area contributed by atoms with Gasteiger partial charge in [-0.25, -0.2) is 4.99 Å². The molecule has 0 N–H and O–H groups in total. The number of hydrogen-bond acceptors (Lipinski definition) is 3. The van der Waals surface area contributed by atoms with Gasteiger partial charge in [-0.1, -0.05) is 90.2 Å². The Kier molecular flexibility index (Phi) is 5.41. The maximum absolute atomic E-state index is 14.1. The minimum atomic E-state index is -0.152. The molecule has 38 heavy (non-hydrogen) atoms. The third-order valence-electron chi connectivity index (χ3n) is 7.86. The molecule has 7 rings (SSSR count). The van der Waals surface area contributed by atoms with Crippen LogP contribution in [0.1, 0.15) is 40.4 Å². The number of aryl methyl sites for hydroxylation is 1. The summed E-state index contributed by atoms with van der Waals surface area (Å²) in [5.41, 5.74) is 9.29. The van der Waals surface area contributed by atoms with Crippen LogP contribution in [0.25, 0.3) is 22.7 Å². The van der Waals surface area contributed by atoms with Crippen LogP contribution in [-0.4, -0.2) is 9.13 Å². The standard InChI is InChI=1S/C33H27N3OS/c1-3-19-35-21(2)27(25-15-9-10-16-28(25)35)20-29-32(37)36-31(23-12-5-4-6-13-23)26-18-17-22-11-7-8-14-24(22)30(26)34-33(36)38-29/h3-16,20,31H,1,17-19H2,2H3/b29-20+/t31-/m1/s1. The zero-order valence-electron chi connectivity index (χ0n) is 21.2. The maximum atomic E-state index is 14.1. The zero-order chi connectivity index (χ0) is 25.8. The van der Waals surface area contributed by atoms with E-state index in [1.807, 2.05) is 16.7 Å². The van der Waals surface area contributed by atoms with Gasteiger partial charge in [-0.2, -0.15) is 0 Å². The van der Waals surface area contributed by atoms with E-state index in [0.29, 0.717) is 4.53 Å². The predicted molar refractivity (Wildman–Crippen MR) is 156 cm³/mol. The van der Waals surface area contributed by atoms with Gasteiger partial charge in [-0.3, -0.25) is 9.36 Å². The largest absolute Gasteiger partial charge is 0.340 e. The van der Waals surface area contributed by atoms with E-state index in [0.717, 1.165) is 57.6 Å². The third-order valence-corrected chi connectivity index (χ3v) is 8.84. The molecule has 3 heterocycles. The number of nitrogens with zero attached hydrogens (tertiary/aromatic N) is 3. The predicted octanol–water partition coefficient (Wildman–Crippen LogP) is 5.77. The SMILES string of the molecule is C=CCn1c(C)c(/C=c2/sc3n(c2=O)[C@H](c2ccccc2)C2=C(N=3)c3ccccc3CC2)c2ccccc21. The summed E-state index contributed by atoms with van der Waals surface area (Å²) in [5, 5.41) is 1.14. The highest BCUT2D eigenvalue weighted by molar-refractivity contribution is 7.07. The van der Waals surface area contributed by atoms with Crippen molar-refractivity contribution in [2.24, 2.45) is 4.99 Å². The second-order valence-electron chi connectivity index (χ2n) is 9.94. The first kappa shape index (κ1) is 22.9. The Morgan fingerprint density at radius 2 is 1.76 bits per heavy atom. The van der Waals surface area contributed by atoms with E-state index in [-0.39, 0.29) is 11.6 Å². The van der Waals surface area contributed by atoms with Gasteiger partial charge in [-0.05, 0) is 48.6 Å². The maximum Gasteiger partial charge on any atom is 0.271 e. The average Bonchev–Trinajstić information content (AvgIpc) is 3.41. The molecule has 2 aromatic heterocycles. The van der Waals surface area contributed by atoms with Crippen molar-refractivity contribution in [3.8, 4) is 0 Å². The van der Waals surface area contributed by atoms with E-state index in [4.69, 9.17) is 4.99 Å². The second-order valence-corrected chi connectivity index (χ2v) is 10.9. The molecule has 0 saturated heterocycles. The molecule has 0 amide bonds. The minimum absolute atomic E-state index is 0.0213. The number of para-hydroxylation sites is 1. The van der Waals surface area contributed by atoms with Crippen molar-refractivity contribution in [1.29, 1.82) is 0 Å². The van der Waals surface area contributed by atoms with Gasteiger partial charge in [-0.15, -0.1) is 6.58 Å². The fourth-order valence-electron chi connectivity index (χ4n) is 6.09. The summed E-state index contributed by atoms with van der Waals surface area (Å²) in [4.78, 5) is 20.0. The van der Waals surface area contributed by atoms with E-state index < -0.39 is 0 Å². The van der Waals surface area contributed by atoms with E-state index in [2.05, 4.69) is 96.9 Å². The highest BCUT2D eigenvalue weighted by Gasteiger charge is 2.32. The number of rotatable bonds is 4.